The molecular weight excluding hydrogens is 414 g/mol. The molecule has 0 fully saturated rings. The Morgan fingerprint density at radius 3 is 2.45 bits per heavy atom. The number of carbonyl (C=O) groups excluding carboxylic acids is 2. The molecule has 170 valence electrons. The quantitative estimate of drug-likeness (QED) is 0.377. The van der Waals surface area contributed by atoms with E-state index in [0.717, 1.165) is 16.8 Å². The number of hydrogen-bond acceptors (Lipinski definition) is 4. The van der Waals surface area contributed by atoms with Gasteiger partial charge in [0.1, 0.15) is 12.4 Å². The van der Waals surface area contributed by atoms with Gasteiger partial charge in [0.25, 0.3) is 5.91 Å². The first-order chi connectivity index (χ1) is 15.9. The molecule has 3 aromatic rings. The zero-order valence-corrected chi connectivity index (χ0v) is 18.9. The average molecular weight is 444 g/mol. The van der Waals surface area contributed by atoms with Crippen molar-refractivity contribution in [2.24, 2.45) is 0 Å². The largest absolute Gasteiger partial charge is 0.487 e. The summed E-state index contributed by atoms with van der Waals surface area (Å²) < 4.78 is 5.72. The Morgan fingerprint density at radius 2 is 1.70 bits per heavy atom. The Kier molecular flexibility index (Phi) is 8.24. The van der Waals surface area contributed by atoms with E-state index in [4.69, 9.17) is 4.74 Å². The first-order valence-electron chi connectivity index (χ1n) is 10.8. The fraction of sp³-hybridized carbons (Fsp3) is 0.185. The van der Waals surface area contributed by atoms with Gasteiger partial charge in [0.2, 0.25) is 5.91 Å². The third kappa shape index (κ3) is 7.25. The van der Waals surface area contributed by atoms with Crippen molar-refractivity contribution in [2.75, 3.05) is 23.8 Å². The molecule has 0 saturated carbocycles. The highest BCUT2D eigenvalue weighted by Gasteiger charge is 2.12. The number of anilines is 2. The van der Waals surface area contributed by atoms with Crippen LogP contribution in [0.5, 0.6) is 5.75 Å². The van der Waals surface area contributed by atoms with Gasteiger partial charge in [-0.2, -0.15) is 0 Å². The lowest BCUT2D eigenvalue weighted by Crippen LogP contribution is -2.27. The van der Waals surface area contributed by atoms with E-state index in [2.05, 4.69) is 22.5 Å². The van der Waals surface area contributed by atoms with Crippen LogP contribution in [-0.4, -0.2) is 25.0 Å². The molecule has 1 unspecified atom stereocenters. The highest BCUT2D eigenvalue weighted by atomic mass is 16.5. The molecule has 0 aliphatic rings. The van der Waals surface area contributed by atoms with Gasteiger partial charge in [0.15, 0.2) is 0 Å². The first-order valence-corrected chi connectivity index (χ1v) is 10.8. The minimum Gasteiger partial charge on any atom is -0.487 e. The zero-order chi connectivity index (χ0) is 23.6. The van der Waals surface area contributed by atoms with Gasteiger partial charge in [-0.05, 0) is 55.3 Å². The van der Waals surface area contributed by atoms with Crippen LogP contribution in [0.25, 0.3) is 0 Å². The van der Waals surface area contributed by atoms with Crippen LogP contribution in [-0.2, 0) is 4.79 Å². The van der Waals surface area contributed by atoms with Crippen molar-refractivity contribution < 1.29 is 14.3 Å². The number of rotatable bonds is 10. The number of amides is 2. The lowest BCUT2D eigenvalue weighted by Gasteiger charge is -2.15. The minimum absolute atomic E-state index is 0.0505. The Hall–Kier alpha value is -4.06. The number of nitrogens with one attached hydrogen (secondary N) is 3. The smallest absolute Gasteiger partial charge is 0.251 e. The molecule has 2 amide bonds. The summed E-state index contributed by atoms with van der Waals surface area (Å²) in [5.74, 6) is 0.212. The zero-order valence-electron chi connectivity index (χ0n) is 18.9. The number of ether oxygens (including phenoxy) is 1. The molecule has 0 aliphatic heterocycles. The molecule has 3 N–H and O–H groups in total. The summed E-state index contributed by atoms with van der Waals surface area (Å²) >= 11 is 0. The van der Waals surface area contributed by atoms with Gasteiger partial charge >= 0.3 is 0 Å². The summed E-state index contributed by atoms with van der Waals surface area (Å²) in [5.41, 5.74) is 3.67. The van der Waals surface area contributed by atoms with Crippen LogP contribution in [0.15, 0.2) is 91.0 Å². The van der Waals surface area contributed by atoms with Crippen LogP contribution >= 0.6 is 0 Å². The van der Waals surface area contributed by atoms with Gasteiger partial charge < -0.3 is 20.7 Å². The van der Waals surface area contributed by atoms with E-state index < -0.39 is 0 Å². The molecule has 0 saturated heterocycles. The maximum absolute atomic E-state index is 12.7. The summed E-state index contributed by atoms with van der Waals surface area (Å²) in [6.45, 7) is 8.11. The van der Waals surface area contributed by atoms with Crippen LogP contribution in [0.3, 0.4) is 0 Å². The van der Waals surface area contributed by atoms with E-state index >= 15 is 0 Å². The molecule has 6 nitrogen and oxygen atoms in total. The summed E-state index contributed by atoms with van der Waals surface area (Å²) in [6, 6.07) is 23.9. The second-order valence-electron chi connectivity index (χ2n) is 7.83. The van der Waals surface area contributed by atoms with Crippen molar-refractivity contribution >= 4 is 23.2 Å². The van der Waals surface area contributed by atoms with Crippen LogP contribution in [0.2, 0.25) is 0 Å². The molecule has 33 heavy (non-hydrogen) atoms. The Bertz CT molecular complexity index is 1110. The van der Waals surface area contributed by atoms with Crippen molar-refractivity contribution in [3.8, 4) is 5.75 Å². The normalized spacial score (nSPS) is 11.2. The molecule has 0 radical (unpaired) electrons. The van der Waals surface area contributed by atoms with E-state index in [1.54, 1.807) is 24.3 Å². The van der Waals surface area contributed by atoms with Crippen molar-refractivity contribution in [3.05, 3.63) is 102 Å². The van der Waals surface area contributed by atoms with Crippen LogP contribution in [0, 0.1) is 0 Å². The molecule has 0 heterocycles. The highest BCUT2D eigenvalue weighted by molar-refractivity contribution is 5.98. The standard InChI is InChI=1S/C27H29N3O3/c1-19(2)18-33-25-15-8-7-14-24(25)28-17-26(31)30-23-13-9-12-22(16-23)27(32)29-20(3)21-10-5-4-6-11-21/h4-16,20,28H,1,17-18H2,2-3H3,(H,29,32)(H,30,31). The topological polar surface area (TPSA) is 79.5 Å². The van der Waals surface area contributed by atoms with Crippen LogP contribution in [0.4, 0.5) is 11.4 Å². The summed E-state index contributed by atoms with van der Waals surface area (Å²) in [6.07, 6.45) is 0. The molecule has 3 aromatic carbocycles. The predicted octanol–water partition coefficient (Wildman–Crippen LogP) is 5.18. The fourth-order valence-corrected chi connectivity index (χ4v) is 3.16. The molecule has 3 rings (SSSR count). The molecule has 1 atom stereocenters. The molecule has 0 aliphatic carbocycles. The Labute approximate surface area is 194 Å². The van der Waals surface area contributed by atoms with E-state index in [1.165, 1.54) is 0 Å². The molecule has 0 bridgehead atoms. The SMILES string of the molecule is C=C(C)COc1ccccc1NCC(=O)Nc1cccc(C(=O)NC(C)c2ccccc2)c1. The Morgan fingerprint density at radius 1 is 0.970 bits per heavy atom. The number of carbonyl (C=O) groups is 2. The van der Waals surface area contributed by atoms with Crippen LogP contribution < -0.4 is 20.7 Å². The maximum atomic E-state index is 12.7. The summed E-state index contributed by atoms with van der Waals surface area (Å²) in [4.78, 5) is 25.1. The van der Waals surface area contributed by atoms with Gasteiger partial charge in [-0.15, -0.1) is 0 Å². The second kappa shape index (κ2) is 11.5. The average Bonchev–Trinajstić information content (AvgIpc) is 2.82. The summed E-state index contributed by atoms with van der Waals surface area (Å²) in [7, 11) is 0. The molecule has 0 aromatic heterocycles. The van der Waals surface area contributed by atoms with Gasteiger partial charge in [-0.25, -0.2) is 0 Å². The Balaban J connectivity index is 1.56. The maximum Gasteiger partial charge on any atom is 0.251 e. The molecular formula is C27H29N3O3. The minimum atomic E-state index is -0.236. The van der Waals surface area contributed by atoms with Gasteiger partial charge in [-0.3, -0.25) is 9.59 Å². The first kappa shape index (κ1) is 23.6. The van der Waals surface area contributed by atoms with Gasteiger partial charge in [0.05, 0.1) is 18.3 Å². The predicted molar refractivity (Wildman–Crippen MR) is 133 cm³/mol. The van der Waals surface area contributed by atoms with Crippen molar-refractivity contribution in [1.82, 2.24) is 5.32 Å². The van der Waals surface area contributed by atoms with E-state index in [1.807, 2.05) is 68.4 Å². The lowest BCUT2D eigenvalue weighted by atomic mass is 10.1. The monoisotopic (exact) mass is 443 g/mol. The number of benzene rings is 3. The van der Waals surface area contributed by atoms with Gasteiger partial charge in [0, 0.05) is 11.3 Å². The molecule has 0 spiro atoms. The molecule has 6 heteroatoms. The third-order valence-electron chi connectivity index (χ3n) is 4.86. The third-order valence-corrected chi connectivity index (χ3v) is 4.86. The fourth-order valence-electron chi connectivity index (χ4n) is 3.16. The lowest BCUT2D eigenvalue weighted by molar-refractivity contribution is -0.114. The van der Waals surface area contributed by atoms with Gasteiger partial charge in [-0.1, -0.05) is 55.1 Å². The van der Waals surface area contributed by atoms with E-state index in [9.17, 15) is 9.59 Å². The van der Waals surface area contributed by atoms with Crippen molar-refractivity contribution in [2.45, 2.75) is 19.9 Å². The van der Waals surface area contributed by atoms with Crippen molar-refractivity contribution in [3.63, 3.8) is 0 Å². The second-order valence-corrected chi connectivity index (χ2v) is 7.83. The number of hydrogen-bond donors (Lipinski definition) is 3. The van der Waals surface area contributed by atoms with Crippen molar-refractivity contribution in [1.29, 1.82) is 0 Å². The van der Waals surface area contributed by atoms with Crippen LogP contribution in [0.1, 0.15) is 35.8 Å². The highest BCUT2D eigenvalue weighted by Crippen LogP contribution is 2.24. The van der Waals surface area contributed by atoms with E-state index in [0.29, 0.717) is 23.6 Å². The van der Waals surface area contributed by atoms with E-state index in [-0.39, 0.29) is 24.4 Å². The number of para-hydroxylation sites is 2. The summed E-state index contributed by atoms with van der Waals surface area (Å²) in [5, 5.41) is 8.90.